The Kier molecular flexibility index (Phi) is 3.29. The normalized spacial score (nSPS) is 32.5. The molecule has 1 aliphatic carbocycles. The summed E-state index contributed by atoms with van der Waals surface area (Å²) < 4.78 is 0. The molecule has 2 aliphatic rings. The van der Waals surface area contributed by atoms with Crippen LogP contribution in [0.1, 0.15) is 33.1 Å². The molecule has 1 heterocycles. The summed E-state index contributed by atoms with van der Waals surface area (Å²) in [5.41, 5.74) is 0. The van der Waals surface area contributed by atoms with E-state index in [1.165, 1.54) is 19.3 Å². The van der Waals surface area contributed by atoms with Gasteiger partial charge < -0.3 is 4.90 Å². The monoisotopic (exact) mass is 210 g/mol. The summed E-state index contributed by atoms with van der Waals surface area (Å²) in [6.07, 6.45) is 4.11. The van der Waals surface area contributed by atoms with Crippen molar-refractivity contribution in [3.05, 3.63) is 0 Å². The minimum absolute atomic E-state index is 0.231. The van der Waals surface area contributed by atoms with Crippen molar-refractivity contribution in [2.45, 2.75) is 39.2 Å². The van der Waals surface area contributed by atoms with E-state index in [0.717, 1.165) is 38.1 Å². The molecule has 1 amide bonds. The van der Waals surface area contributed by atoms with Crippen LogP contribution in [-0.4, -0.2) is 47.9 Å². The highest BCUT2D eigenvalue weighted by Gasteiger charge is 2.33. The highest BCUT2D eigenvalue weighted by atomic mass is 16.2. The molecule has 3 nitrogen and oxygen atoms in total. The van der Waals surface area contributed by atoms with E-state index in [1.807, 2.05) is 4.90 Å². The number of hydrogen-bond donors (Lipinski definition) is 0. The molecule has 0 spiro atoms. The zero-order chi connectivity index (χ0) is 10.8. The Labute approximate surface area is 92.4 Å². The van der Waals surface area contributed by atoms with Crippen LogP contribution in [0.15, 0.2) is 0 Å². The van der Waals surface area contributed by atoms with Crippen LogP contribution < -0.4 is 0 Å². The zero-order valence-corrected chi connectivity index (χ0v) is 9.91. The summed E-state index contributed by atoms with van der Waals surface area (Å²) in [4.78, 5) is 15.7. The van der Waals surface area contributed by atoms with Crippen molar-refractivity contribution in [2.24, 2.45) is 5.92 Å². The Morgan fingerprint density at radius 3 is 2.27 bits per heavy atom. The first kappa shape index (κ1) is 10.9. The number of hydrogen-bond acceptors (Lipinski definition) is 2. The smallest absolute Gasteiger partial charge is 0.219 e. The van der Waals surface area contributed by atoms with Crippen LogP contribution in [0.3, 0.4) is 0 Å². The van der Waals surface area contributed by atoms with Gasteiger partial charge in [0.1, 0.15) is 0 Å². The predicted octanol–water partition coefficient (Wildman–Crippen LogP) is 1.34. The number of piperazine rings is 1. The average molecular weight is 210 g/mol. The van der Waals surface area contributed by atoms with Gasteiger partial charge in [-0.1, -0.05) is 13.3 Å². The Balaban J connectivity index is 1.73. The van der Waals surface area contributed by atoms with E-state index in [2.05, 4.69) is 11.8 Å². The Bertz CT molecular complexity index is 228. The molecule has 0 radical (unpaired) electrons. The van der Waals surface area contributed by atoms with Gasteiger partial charge in [0.15, 0.2) is 0 Å². The van der Waals surface area contributed by atoms with E-state index in [0.29, 0.717) is 0 Å². The predicted molar refractivity (Wildman–Crippen MR) is 60.6 cm³/mol. The van der Waals surface area contributed by atoms with Gasteiger partial charge in [-0.25, -0.2) is 0 Å². The average Bonchev–Trinajstić information content (AvgIpc) is 2.17. The van der Waals surface area contributed by atoms with Crippen molar-refractivity contribution < 1.29 is 4.79 Å². The molecule has 2 rings (SSSR count). The minimum Gasteiger partial charge on any atom is -0.340 e. The SMILES string of the molecule is CCC1CC(N2CCN(C(C)=O)CC2)C1. The molecule has 0 unspecified atom stereocenters. The largest absolute Gasteiger partial charge is 0.340 e. The van der Waals surface area contributed by atoms with Crippen molar-refractivity contribution in [1.29, 1.82) is 0 Å². The lowest BCUT2D eigenvalue weighted by Crippen LogP contribution is -2.54. The lowest BCUT2D eigenvalue weighted by molar-refractivity contribution is -0.131. The first-order valence-corrected chi connectivity index (χ1v) is 6.20. The van der Waals surface area contributed by atoms with Crippen molar-refractivity contribution in [3.8, 4) is 0 Å². The molecule has 2 fully saturated rings. The highest BCUT2D eigenvalue weighted by molar-refractivity contribution is 5.73. The highest BCUT2D eigenvalue weighted by Crippen LogP contribution is 2.34. The van der Waals surface area contributed by atoms with Gasteiger partial charge in [-0.2, -0.15) is 0 Å². The number of amides is 1. The van der Waals surface area contributed by atoms with Crippen molar-refractivity contribution in [2.75, 3.05) is 26.2 Å². The third-order valence-corrected chi connectivity index (χ3v) is 4.06. The van der Waals surface area contributed by atoms with Gasteiger partial charge in [0.05, 0.1) is 0 Å². The Morgan fingerprint density at radius 2 is 1.80 bits per heavy atom. The maximum absolute atomic E-state index is 11.2. The molecule has 0 N–H and O–H groups in total. The van der Waals surface area contributed by atoms with Crippen LogP contribution in [0.4, 0.5) is 0 Å². The fourth-order valence-electron chi connectivity index (χ4n) is 2.73. The first-order chi connectivity index (χ1) is 7.20. The molecular formula is C12H22N2O. The molecule has 0 atom stereocenters. The lowest BCUT2D eigenvalue weighted by atomic mass is 9.77. The van der Waals surface area contributed by atoms with Crippen LogP contribution in [0.5, 0.6) is 0 Å². The van der Waals surface area contributed by atoms with Crippen LogP contribution in [-0.2, 0) is 4.79 Å². The second-order valence-electron chi connectivity index (χ2n) is 4.94. The second kappa shape index (κ2) is 4.52. The number of carbonyl (C=O) groups excluding carboxylic acids is 1. The fraction of sp³-hybridized carbons (Fsp3) is 0.917. The topological polar surface area (TPSA) is 23.6 Å². The molecular weight excluding hydrogens is 188 g/mol. The van der Waals surface area contributed by atoms with Gasteiger partial charge in [0, 0.05) is 39.1 Å². The van der Waals surface area contributed by atoms with E-state index in [1.54, 1.807) is 6.92 Å². The molecule has 1 aliphatic heterocycles. The molecule has 3 heteroatoms. The molecule has 0 bridgehead atoms. The Morgan fingerprint density at radius 1 is 1.20 bits per heavy atom. The van der Waals surface area contributed by atoms with Crippen molar-refractivity contribution in [1.82, 2.24) is 9.80 Å². The molecule has 0 aromatic carbocycles. The zero-order valence-electron chi connectivity index (χ0n) is 9.91. The summed E-state index contributed by atoms with van der Waals surface area (Å²) in [6.45, 7) is 7.99. The third-order valence-electron chi connectivity index (χ3n) is 4.06. The fourth-order valence-corrected chi connectivity index (χ4v) is 2.73. The third kappa shape index (κ3) is 2.33. The van der Waals surface area contributed by atoms with Gasteiger partial charge in [-0.3, -0.25) is 9.69 Å². The summed E-state index contributed by atoms with van der Waals surface area (Å²) in [5.74, 6) is 1.20. The summed E-state index contributed by atoms with van der Waals surface area (Å²) in [5, 5.41) is 0. The van der Waals surface area contributed by atoms with Crippen molar-refractivity contribution >= 4 is 5.91 Å². The molecule has 1 saturated heterocycles. The molecule has 0 aromatic heterocycles. The standard InChI is InChI=1S/C12H22N2O/c1-3-11-8-12(9-11)14-6-4-13(5-7-14)10(2)15/h11-12H,3-9H2,1-2H3. The van der Waals surface area contributed by atoms with Crippen molar-refractivity contribution in [3.63, 3.8) is 0 Å². The van der Waals surface area contributed by atoms with Gasteiger partial charge in [-0.15, -0.1) is 0 Å². The van der Waals surface area contributed by atoms with Gasteiger partial charge in [0.2, 0.25) is 5.91 Å². The number of rotatable bonds is 2. The van der Waals surface area contributed by atoms with Gasteiger partial charge >= 0.3 is 0 Å². The summed E-state index contributed by atoms with van der Waals surface area (Å²) >= 11 is 0. The summed E-state index contributed by atoms with van der Waals surface area (Å²) in [6, 6.07) is 0.823. The van der Waals surface area contributed by atoms with Crippen LogP contribution >= 0.6 is 0 Å². The quantitative estimate of drug-likeness (QED) is 0.686. The van der Waals surface area contributed by atoms with E-state index in [-0.39, 0.29) is 5.91 Å². The van der Waals surface area contributed by atoms with Gasteiger partial charge in [-0.05, 0) is 18.8 Å². The molecule has 1 saturated carbocycles. The molecule has 0 aromatic rings. The Hall–Kier alpha value is -0.570. The van der Waals surface area contributed by atoms with E-state index in [4.69, 9.17) is 0 Å². The minimum atomic E-state index is 0.231. The van der Waals surface area contributed by atoms with E-state index < -0.39 is 0 Å². The second-order valence-corrected chi connectivity index (χ2v) is 4.94. The first-order valence-electron chi connectivity index (χ1n) is 6.20. The summed E-state index contributed by atoms with van der Waals surface area (Å²) in [7, 11) is 0. The van der Waals surface area contributed by atoms with E-state index in [9.17, 15) is 4.79 Å². The molecule has 86 valence electrons. The van der Waals surface area contributed by atoms with Crippen LogP contribution in [0, 0.1) is 5.92 Å². The molecule has 15 heavy (non-hydrogen) atoms. The maximum atomic E-state index is 11.2. The van der Waals surface area contributed by atoms with Crippen LogP contribution in [0.2, 0.25) is 0 Å². The number of nitrogens with zero attached hydrogens (tertiary/aromatic N) is 2. The van der Waals surface area contributed by atoms with Crippen LogP contribution in [0.25, 0.3) is 0 Å². The van der Waals surface area contributed by atoms with E-state index >= 15 is 0 Å². The van der Waals surface area contributed by atoms with Gasteiger partial charge in [0.25, 0.3) is 0 Å². The maximum Gasteiger partial charge on any atom is 0.219 e. The number of carbonyl (C=O) groups is 1. The lowest BCUT2D eigenvalue weighted by Gasteiger charge is -2.46.